The highest BCUT2D eigenvalue weighted by molar-refractivity contribution is 5.94. The minimum absolute atomic E-state index is 0.134. The second kappa shape index (κ2) is 8.81. The molecule has 2 heterocycles. The van der Waals surface area contributed by atoms with Gasteiger partial charge in [-0.25, -0.2) is 9.78 Å². The SMILES string of the molecule is CC(C)OC(=O)c1cccnc1N1CCN(CCc2ccccc2)CC1. The molecule has 0 unspecified atom stereocenters. The average molecular weight is 353 g/mol. The van der Waals surface area contributed by atoms with E-state index in [1.807, 2.05) is 13.8 Å². The van der Waals surface area contributed by atoms with Gasteiger partial charge in [0.25, 0.3) is 0 Å². The first-order valence-electron chi connectivity index (χ1n) is 9.30. The summed E-state index contributed by atoms with van der Waals surface area (Å²) in [5, 5.41) is 0. The molecular formula is C21H27N3O2. The van der Waals surface area contributed by atoms with E-state index in [-0.39, 0.29) is 12.1 Å². The van der Waals surface area contributed by atoms with Crippen molar-refractivity contribution in [2.75, 3.05) is 37.6 Å². The predicted molar refractivity (Wildman–Crippen MR) is 104 cm³/mol. The van der Waals surface area contributed by atoms with Gasteiger partial charge in [-0.15, -0.1) is 0 Å². The topological polar surface area (TPSA) is 45.7 Å². The lowest BCUT2D eigenvalue weighted by molar-refractivity contribution is 0.0378. The van der Waals surface area contributed by atoms with E-state index in [9.17, 15) is 4.79 Å². The molecule has 2 aromatic rings. The van der Waals surface area contributed by atoms with Gasteiger partial charge < -0.3 is 9.64 Å². The van der Waals surface area contributed by atoms with Crippen molar-refractivity contribution in [1.29, 1.82) is 0 Å². The maximum atomic E-state index is 12.3. The van der Waals surface area contributed by atoms with Gasteiger partial charge >= 0.3 is 5.97 Å². The van der Waals surface area contributed by atoms with Crippen LogP contribution in [0.1, 0.15) is 29.8 Å². The summed E-state index contributed by atoms with van der Waals surface area (Å²) >= 11 is 0. The monoisotopic (exact) mass is 353 g/mol. The summed E-state index contributed by atoms with van der Waals surface area (Å²) in [5.41, 5.74) is 1.93. The van der Waals surface area contributed by atoms with Crippen molar-refractivity contribution in [3.63, 3.8) is 0 Å². The van der Waals surface area contributed by atoms with Crippen molar-refractivity contribution >= 4 is 11.8 Å². The number of carbonyl (C=O) groups excluding carboxylic acids is 1. The van der Waals surface area contributed by atoms with Crippen molar-refractivity contribution in [1.82, 2.24) is 9.88 Å². The van der Waals surface area contributed by atoms with Gasteiger partial charge in [-0.1, -0.05) is 30.3 Å². The third kappa shape index (κ3) is 4.82. The Kier molecular flexibility index (Phi) is 6.23. The summed E-state index contributed by atoms with van der Waals surface area (Å²) in [6.07, 6.45) is 2.67. The van der Waals surface area contributed by atoms with E-state index in [1.54, 1.807) is 18.3 Å². The smallest absolute Gasteiger partial charge is 0.342 e. The molecular weight excluding hydrogens is 326 g/mol. The Morgan fingerprint density at radius 3 is 2.50 bits per heavy atom. The molecule has 1 aromatic heterocycles. The standard InChI is InChI=1S/C21H27N3O2/c1-17(2)26-21(25)19-9-6-11-22-20(19)24-15-13-23(14-16-24)12-10-18-7-4-3-5-8-18/h3-9,11,17H,10,12-16H2,1-2H3. The molecule has 1 aromatic carbocycles. The van der Waals surface area contributed by atoms with E-state index in [0.717, 1.165) is 45.0 Å². The molecule has 0 spiro atoms. The summed E-state index contributed by atoms with van der Waals surface area (Å²) in [7, 11) is 0. The van der Waals surface area contributed by atoms with Crippen LogP contribution in [-0.2, 0) is 11.2 Å². The highest BCUT2D eigenvalue weighted by Crippen LogP contribution is 2.20. The number of hydrogen-bond donors (Lipinski definition) is 0. The molecule has 0 saturated carbocycles. The molecule has 1 aliphatic heterocycles. The van der Waals surface area contributed by atoms with Gasteiger partial charge in [-0.2, -0.15) is 0 Å². The van der Waals surface area contributed by atoms with Gasteiger partial charge in [0.1, 0.15) is 11.4 Å². The van der Waals surface area contributed by atoms with Crippen LogP contribution < -0.4 is 4.90 Å². The molecule has 0 amide bonds. The number of esters is 1. The lowest BCUT2D eigenvalue weighted by Crippen LogP contribution is -2.47. The van der Waals surface area contributed by atoms with Crippen LogP contribution >= 0.6 is 0 Å². The van der Waals surface area contributed by atoms with E-state index in [1.165, 1.54) is 5.56 Å². The number of rotatable bonds is 6. The zero-order valence-electron chi connectivity index (χ0n) is 15.6. The number of nitrogens with zero attached hydrogens (tertiary/aromatic N) is 3. The third-order valence-corrected chi connectivity index (χ3v) is 4.58. The molecule has 0 aliphatic carbocycles. The van der Waals surface area contributed by atoms with Gasteiger partial charge in [0.15, 0.2) is 0 Å². The summed E-state index contributed by atoms with van der Waals surface area (Å²) < 4.78 is 5.36. The molecule has 3 rings (SSSR count). The number of piperazine rings is 1. The first kappa shape index (κ1) is 18.4. The fourth-order valence-electron chi connectivity index (χ4n) is 3.20. The molecule has 1 fully saturated rings. The summed E-state index contributed by atoms with van der Waals surface area (Å²) in [6, 6.07) is 14.2. The van der Waals surface area contributed by atoms with Crippen molar-refractivity contribution in [3.8, 4) is 0 Å². The number of anilines is 1. The third-order valence-electron chi connectivity index (χ3n) is 4.58. The molecule has 26 heavy (non-hydrogen) atoms. The molecule has 5 nitrogen and oxygen atoms in total. The molecule has 5 heteroatoms. The van der Waals surface area contributed by atoms with Crippen LogP contribution in [0.25, 0.3) is 0 Å². The Morgan fingerprint density at radius 2 is 1.81 bits per heavy atom. The number of aromatic nitrogens is 1. The maximum absolute atomic E-state index is 12.3. The van der Waals surface area contributed by atoms with E-state index in [4.69, 9.17) is 4.74 Å². The number of carbonyl (C=O) groups is 1. The normalized spacial score (nSPS) is 15.3. The van der Waals surface area contributed by atoms with Crippen LogP contribution in [0.3, 0.4) is 0 Å². The fraction of sp³-hybridized carbons (Fsp3) is 0.429. The summed E-state index contributed by atoms with van der Waals surface area (Å²) in [4.78, 5) is 21.5. The van der Waals surface area contributed by atoms with Crippen LogP contribution in [-0.4, -0.2) is 54.7 Å². The van der Waals surface area contributed by atoms with Crippen LogP contribution in [0.2, 0.25) is 0 Å². The Hall–Kier alpha value is -2.40. The second-order valence-corrected chi connectivity index (χ2v) is 6.89. The average Bonchev–Trinajstić information content (AvgIpc) is 2.67. The Labute approximate surface area is 155 Å². The van der Waals surface area contributed by atoms with Crippen LogP contribution in [0.15, 0.2) is 48.7 Å². The van der Waals surface area contributed by atoms with E-state index >= 15 is 0 Å². The molecule has 1 aliphatic rings. The van der Waals surface area contributed by atoms with Crippen LogP contribution in [0.4, 0.5) is 5.82 Å². The van der Waals surface area contributed by atoms with E-state index < -0.39 is 0 Å². The van der Waals surface area contributed by atoms with Gasteiger partial charge in [-0.05, 0) is 38.0 Å². The number of pyridine rings is 1. The predicted octanol–water partition coefficient (Wildman–Crippen LogP) is 3.01. The summed E-state index contributed by atoms with van der Waals surface area (Å²) in [6.45, 7) is 8.47. The Balaban J connectivity index is 1.57. The molecule has 1 saturated heterocycles. The van der Waals surface area contributed by atoms with Gasteiger partial charge in [0.2, 0.25) is 0 Å². The highest BCUT2D eigenvalue weighted by Gasteiger charge is 2.23. The molecule has 0 bridgehead atoms. The molecule has 0 N–H and O–H groups in total. The zero-order chi connectivity index (χ0) is 18.4. The number of benzene rings is 1. The first-order chi connectivity index (χ1) is 12.6. The lowest BCUT2D eigenvalue weighted by atomic mass is 10.1. The molecule has 138 valence electrons. The van der Waals surface area contributed by atoms with Crippen molar-refractivity contribution < 1.29 is 9.53 Å². The van der Waals surface area contributed by atoms with Crippen LogP contribution in [0.5, 0.6) is 0 Å². The number of hydrogen-bond acceptors (Lipinski definition) is 5. The largest absolute Gasteiger partial charge is 0.459 e. The van der Waals surface area contributed by atoms with Gasteiger partial charge in [-0.3, -0.25) is 4.90 Å². The molecule has 0 atom stereocenters. The lowest BCUT2D eigenvalue weighted by Gasteiger charge is -2.36. The van der Waals surface area contributed by atoms with Crippen LogP contribution in [0, 0.1) is 0 Å². The van der Waals surface area contributed by atoms with Gasteiger partial charge in [0, 0.05) is 38.9 Å². The van der Waals surface area contributed by atoms with Crippen molar-refractivity contribution in [2.45, 2.75) is 26.4 Å². The minimum atomic E-state index is -0.297. The Bertz CT molecular complexity index is 710. The Morgan fingerprint density at radius 1 is 1.08 bits per heavy atom. The number of ether oxygens (including phenoxy) is 1. The summed E-state index contributed by atoms with van der Waals surface area (Å²) in [5.74, 6) is 0.440. The fourth-order valence-corrected chi connectivity index (χ4v) is 3.20. The van der Waals surface area contributed by atoms with Crippen molar-refractivity contribution in [2.24, 2.45) is 0 Å². The zero-order valence-corrected chi connectivity index (χ0v) is 15.6. The molecule has 0 radical (unpaired) electrons. The quantitative estimate of drug-likeness (QED) is 0.747. The van der Waals surface area contributed by atoms with Gasteiger partial charge in [0.05, 0.1) is 6.10 Å². The highest BCUT2D eigenvalue weighted by atomic mass is 16.5. The second-order valence-electron chi connectivity index (χ2n) is 6.89. The minimum Gasteiger partial charge on any atom is -0.459 e. The maximum Gasteiger partial charge on any atom is 0.342 e. The van der Waals surface area contributed by atoms with E-state index in [2.05, 4.69) is 45.1 Å². The first-order valence-corrected chi connectivity index (χ1v) is 9.30. The van der Waals surface area contributed by atoms with Crippen molar-refractivity contribution in [3.05, 3.63) is 59.8 Å². The van der Waals surface area contributed by atoms with E-state index in [0.29, 0.717) is 5.56 Å².